The topological polar surface area (TPSA) is 92.5 Å². The standard InChI is InChI=1S/C23H19N3O4S/c27-22(10-5-16-3-8-20(9-4-16)26(29)30)24-19-7-6-17-11-12-25(15-18(17)14-19)23(28)21-2-1-13-31-21/h1-10,13-14H,11-12,15H2,(H,24,27)/b10-5+. The molecule has 0 spiro atoms. The molecule has 0 fully saturated rings. The predicted octanol–water partition coefficient (Wildman–Crippen LogP) is 4.51. The first-order valence-electron chi connectivity index (χ1n) is 9.68. The van der Waals surface area contributed by atoms with Crippen LogP contribution in [0.3, 0.4) is 0 Å². The van der Waals surface area contributed by atoms with Crippen molar-refractivity contribution in [1.29, 1.82) is 0 Å². The number of rotatable bonds is 5. The average molecular weight is 433 g/mol. The van der Waals surface area contributed by atoms with E-state index in [1.807, 2.05) is 40.6 Å². The Hall–Kier alpha value is -3.78. The number of anilines is 1. The summed E-state index contributed by atoms with van der Waals surface area (Å²) in [5, 5.41) is 15.4. The summed E-state index contributed by atoms with van der Waals surface area (Å²) in [6.45, 7) is 1.18. The lowest BCUT2D eigenvalue weighted by molar-refractivity contribution is -0.384. The van der Waals surface area contributed by atoms with Crippen LogP contribution in [0.15, 0.2) is 66.1 Å². The Morgan fingerprint density at radius 3 is 2.61 bits per heavy atom. The number of nitrogens with zero attached hydrogens (tertiary/aromatic N) is 2. The highest BCUT2D eigenvalue weighted by molar-refractivity contribution is 7.12. The summed E-state index contributed by atoms with van der Waals surface area (Å²) < 4.78 is 0. The van der Waals surface area contributed by atoms with E-state index in [0.717, 1.165) is 16.9 Å². The van der Waals surface area contributed by atoms with Gasteiger partial charge in [0.25, 0.3) is 11.6 Å². The average Bonchev–Trinajstić information content (AvgIpc) is 3.32. The lowest BCUT2D eigenvalue weighted by Gasteiger charge is -2.29. The van der Waals surface area contributed by atoms with Crippen molar-refractivity contribution in [3.63, 3.8) is 0 Å². The van der Waals surface area contributed by atoms with Crippen molar-refractivity contribution in [1.82, 2.24) is 4.90 Å². The molecule has 7 nitrogen and oxygen atoms in total. The quantitative estimate of drug-likeness (QED) is 0.364. The normalized spacial score (nSPS) is 13.1. The number of carbonyl (C=O) groups excluding carboxylic acids is 2. The summed E-state index contributed by atoms with van der Waals surface area (Å²) in [6, 6.07) is 15.4. The third kappa shape index (κ3) is 4.87. The highest BCUT2D eigenvalue weighted by Crippen LogP contribution is 2.25. The van der Waals surface area contributed by atoms with E-state index in [9.17, 15) is 19.7 Å². The van der Waals surface area contributed by atoms with Gasteiger partial charge in [0.2, 0.25) is 5.91 Å². The fraction of sp³-hybridized carbons (Fsp3) is 0.130. The third-order valence-corrected chi connectivity index (χ3v) is 5.89. The molecule has 1 aliphatic heterocycles. The summed E-state index contributed by atoms with van der Waals surface area (Å²) in [7, 11) is 0. The van der Waals surface area contributed by atoms with E-state index in [0.29, 0.717) is 24.3 Å². The number of carbonyl (C=O) groups is 2. The van der Waals surface area contributed by atoms with Gasteiger partial charge in [0.1, 0.15) is 0 Å². The number of amides is 2. The minimum atomic E-state index is -0.467. The molecule has 1 aromatic heterocycles. The Morgan fingerprint density at radius 2 is 1.90 bits per heavy atom. The lowest BCUT2D eigenvalue weighted by atomic mass is 9.99. The molecule has 0 bridgehead atoms. The van der Waals surface area contributed by atoms with E-state index in [1.165, 1.54) is 35.1 Å². The van der Waals surface area contributed by atoms with Crippen LogP contribution < -0.4 is 5.32 Å². The highest BCUT2D eigenvalue weighted by atomic mass is 32.1. The molecule has 31 heavy (non-hydrogen) atoms. The number of nitro benzene ring substituents is 1. The summed E-state index contributed by atoms with van der Waals surface area (Å²) in [4.78, 5) is 37.7. The molecule has 1 N–H and O–H groups in total. The van der Waals surface area contributed by atoms with E-state index >= 15 is 0 Å². The maximum atomic E-state index is 12.6. The number of hydrogen-bond donors (Lipinski definition) is 1. The van der Waals surface area contributed by atoms with Gasteiger partial charge in [-0.25, -0.2) is 0 Å². The maximum Gasteiger partial charge on any atom is 0.269 e. The zero-order chi connectivity index (χ0) is 21.8. The molecule has 0 radical (unpaired) electrons. The van der Waals surface area contributed by atoms with Gasteiger partial charge in [-0.05, 0) is 64.9 Å². The van der Waals surface area contributed by atoms with Gasteiger partial charge in [0, 0.05) is 37.0 Å². The molecule has 156 valence electrons. The number of nitrogens with one attached hydrogen (secondary N) is 1. The third-order valence-electron chi connectivity index (χ3n) is 5.04. The van der Waals surface area contributed by atoms with Crippen molar-refractivity contribution in [3.05, 3.63) is 97.7 Å². The Labute approximate surface area is 182 Å². The van der Waals surface area contributed by atoms with Gasteiger partial charge in [0.15, 0.2) is 0 Å². The fourth-order valence-electron chi connectivity index (χ4n) is 3.43. The number of hydrogen-bond acceptors (Lipinski definition) is 5. The molecule has 4 rings (SSSR count). The first-order valence-corrected chi connectivity index (χ1v) is 10.6. The van der Waals surface area contributed by atoms with Crippen molar-refractivity contribution < 1.29 is 14.5 Å². The van der Waals surface area contributed by atoms with E-state index in [2.05, 4.69) is 5.32 Å². The second kappa shape index (κ2) is 8.93. The summed E-state index contributed by atoms with van der Waals surface area (Å²) in [6.07, 6.45) is 3.76. The number of nitro groups is 1. The predicted molar refractivity (Wildman–Crippen MR) is 120 cm³/mol. The van der Waals surface area contributed by atoms with Crippen molar-refractivity contribution >= 4 is 40.6 Å². The van der Waals surface area contributed by atoms with Gasteiger partial charge in [0.05, 0.1) is 9.80 Å². The van der Waals surface area contributed by atoms with E-state index in [-0.39, 0.29) is 17.5 Å². The maximum absolute atomic E-state index is 12.6. The van der Waals surface area contributed by atoms with Crippen LogP contribution in [0.1, 0.15) is 26.4 Å². The molecule has 0 aliphatic carbocycles. The van der Waals surface area contributed by atoms with Crippen molar-refractivity contribution in [3.8, 4) is 0 Å². The molecular weight excluding hydrogens is 414 g/mol. The van der Waals surface area contributed by atoms with Crippen molar-refractivity contribution in [2.45, 2.75) is 13.0 Å². The van der Waals surface area contributed by atoms with Crippen LogP contribution in [0.25, 0.3) is 6.08 Å². The Balaban J connectivity index is 1.40. The van der Waals surface area contributed by atoms with Crippen LogP contribution in [0, 0.1) is 10.1 Å². The first kappa shape index (κ1) is 20.5. The van der Waals surface area contributed by atoms with Crippen LogP contribution in [0.2, 0.25) is 0 Å². The molecule has 2 amide bonds. The summed E-state index contributed by atoms with van der Waals surface area (Å²) in [5.74, 6) is -0.276. The van der Waals surface area contributed by atoms with Crippen LogP contribution in [-0.2, 0) is 17.8 Å². The van der Waals surface area contributed by atoms with Gasteiger partial charge < -0.3 is 10.2 Å². The number of thiophene rings is 1. The van der Waals surface area contributed by atoms with E-state index in [1.54, 1.807) is 18.2 Å². The molecule has 2 heterocycles. The highest BCUT2D eigenvalue weighted by Gasteiger charge is 2.22. The zero-order valence-corrected chi connectivity index (χ0v) is 17.3. The zero-order valence-electron chi connectivity index (χ0n) is 16.5. The van der Waals surface area contributed by atoms with Gasteiger partial charge in [-0.1, -0.05) is 12.1 Å². The van der Waals surface area contributed by atoms with Crippen LogP contribution >= 0.6 is 11.3 Å². The summed E-state index contributed by atoms with van der Waals surface area (Å²) in [5.41, 5.74) is 3.54. The number of benzene rings is 2. The molecule has 0 atom stereocenters. The van der Waals surface area contributed by atoms with Gasteiger partial charge in [-0.15, -0.1) is 11.3 Å². The second-order valence-electron chi connectivity index (χ2n) is 7.11. The van der Waals surface area contributed by atoms with Crippen LogP contribution in [-0.4, -0.2) is 28.2 Å². The molecule has 8 heteroatoms. The lowest BCUT2D eigenvalue weighted by Crippen LogP contribution is -2.35. The molecule has 2 aromatic carbocycles. The SMILES string of the molecule is O=C(/C=C/c1ccc([N+](=O)[O-])cc1)Nc1ccc2c(c1)CN(C(=O)c1cccs1)CC2. The van der Waals surface area contributed by atoms with Crippen LogP contribution in [0.5, 0.6) is 0 Å². The smallest absolute Gasteiger partial charge is 0.269 e. The molecule has 0 saturated heterocycles. The Kier molecular flexibility index (Phi) is 5.90. The molecule has 3 aromatic rings. The first-order chi connectivity index (χ1) is 15.0. The second-order valence-corrected chi connectivity index (χ2v) is 8.06. The van der Waals surface area contributed by atoms with E-state index < -0.39 is 4.92 Å². The summed E-state index contributed by atoms with van der Waals surface area (Å²) >= 11 is 1.43. The minimum Gasteiger partial charge on any atom is -0.333 e. The van der Waals surface area contributed by atoms with E-state index in [4.69, 9.17) is 0 Å². The Bertz CT molecular complexity index is 1150. The van der Waals surface area contributed by atoms with Crippen LogP contribution in [0.4, 0.5) is 11.4 Å². The number of non-ortho nitro benzene ring substituents is 1. The monoisotopic (exact) mass is 433 g/mol. The van der Waals surface area contributed by atoms with Crippen molar-refractivity contribution in [2.75, 3.05) is 11.9 Å². The van der Waals surface area contributed by atoms with Gasteiger partial charge in [-0.2, -0.15) is 0 Å². The molecular formula is C23H19N3O4S. The Morgan fingerprint density at radius 1 is 1.10 bits per heavy atom. The molecule has 0 unspecified atom stereocenters. The largest absolute Gasteiger partial charge is 0.333 e. The molecule has 1 aliphatic rings. The minimum absolute atomic E-state index is 0.00210. The fourth-order valence-corrected chi connectivity index (χ4v) is 4.12. The van der Waals surface area contributed by atoms with Gasteiger partial charge in [-0.3, -0.25) is 19.7 Å². The van der Waals surface area contributed by atoms with Gasteiger partial charge >= 0.3 is 0 Å². The molecule has 0 saturated carbocycles. The number of fused-ring (bicyclic) bond motifs is 1. The van der Waals surface area contributed by atoms with Crippen molar-refractivity contribution in [2.24, 2.45) is 0 Å².